The third-order valence-electron chi connectivity index (χ3n) is 3.37. The molecular formula is C13H24N2O3. The van der Waals surface area contributed by atoms with Crippen LogP contribution in [0.2, 0.25) is 0 Å². The Morgan fingerprint density at radius 2 is 2.11 bits per heavy atom. The summed E-state index contributed by atoms with van der Waals surface area (Å²) in [5.41, 5.74) is 0. The molecule has 0 spiro atoms. The minimum Gasteiger partial charge on any atom is -0.481 e. The maximum atomic E-state index is 11.9. The Bertz CT molecular complexity index is 290. The monoisotopic (exact) mass is 256 g/mol. The first-order valence-electron chi connectivity index (χ1n) is 6.76. The summed E-state index contributed by atoms with van der Waals surface area (Å²) in [6.45, 7) is 2.57. The van der Waals surface area contributed by atoms with Crippen LogP contribution in [0.1, 0.15) is 45.4 Å². The molecule has 0 aromatic carbocycles. The number of nitrogens with one attached hydrogen (secondary N) is 1. The number of rotatable bonds is 8. The fourth-order valence-electron chi connectivity index (χ4n) is 1.94. The molecule has 5 heteroatoms. The second-order valence-electron chi connectivity index (χ2n) is 5.15. The predicted octanol–water partition coefficient (Wildman–Crippen LogP) is 2.07. The Morgan fingerprint density at radius 1 is 1.44 bits per heavy atom. The van der Waals surface area contributed by atoms with Crippen molar-refractivity contribution in [2.75, 3.05) is 13.6 Å². The van der Waals surface area contributed by atoms with E-state index in [4.69, 9.17) is 5.11 Å². The van der Waals surface area contributed by atoms with Gasteiger partial charge in [-0.05, 0) is 25.2 Å². The van der Waals surface area contributed by atoms with Crippen molar-refractivity contribution < 1.29 is 14.7 Å². The first-order valence-corrected chi connectivity index (χ1v) is 6.76. The molecule has 104 valence electrons. The second-order valence-corrected chi connectivity index (χ2v) is 5.15. The number of nitrogens with zero attached hydrogens (tertiary/aromatic N) is 1. The Morgan fingerprint density at radius 3 is 2.61 bits per heavy atom. The molecule has 5 nitrogen and oxygen atoms in total. The van der Waals surface area contributed by atoms with Crippen molar-refractivity contribution >= 4 is 12.0 Å². The molecule has 0 radical (unpaired) electrons. The minimum atomic E-state index is -0.816. The zero-order valence-electron chi connectivity index (χ0n) is 11.3. The molecule has 0 aromatic heterocycles. The van der Waals surface area contributed by atoms with Crippen LogP contribution in [0, 0.1) is 5.92 Å². The van der Waals surface area contributed by atoms with E-state index in [0.717, 1.165) is 18.8 Å². The van der Waals surface area contributed by atoms with Gasteiger partial charge < -0.3 is 15.3 Å². The van der Waals surface area contributed by atoms with Crippen LogP contribution < -0.4 is 5.32 Å². The average molecular weight is 256 g/mol. The highest BCUT2D eigenvalue weighted by molar-refractivity contribution is 5.74. The highest BCUT2D eigenvalue weighted by Gasteiger charge is 2.25. The minimum absolute atomic E-state index is 0.0899. The second kappa shape index (κ2) is 7.24. The maximum Gasteiger partial charge on any atom is 0.317 e. The fourth-order valence-corrected chi connectivity index (χ4v) is 1.94. The van der Waals surface area contributed by atoms with Gasteiger partial charge in [-0.1, -0.05) is 19.8 Å². The molecule has 0 bridgehead atoms. The molecule has 1 aliphatic rings. The summed E-state index contributed by atoms with van der Waals surface area (Å²) < 4.78 is 0. The van der Waals surface area contributed by atoms with Gasteiger partial charge in [-0.25, -0.2) is 4.79 Å². The van der Waals surface area contributed by atoms with Gasteiger partial charge in [-0.3, -0.25) is 4.79 Å². The van der Waals surface area contributed by atoms with Gasteiger partial charge in [-0.2, -0.15) is 0 Å². The molecule has 0 aliphatic heterocycles. The summed E-state index contributed by atoms with van der Waals surface area (Å²) in [4.78, 5) is 23.8. The molecule has 2 N–H and O–H groups in total. The molecule has 18 heavy (non-hydrogen) atoms. The van der Waals surface area contributed by atoms with Crippen LogP contribution in [-0.2, 0) is 4.79 Å². The van der Waals surface area contributed by atoms with E-state index in [0.29, 0.717) is 13.0 Å². The number of hydrogen-bond donors (Lipinski definition) is 2. The summed E-state index contributed by atoms with van der Waals surface area (Å²) in [6, 6.07) is 0.166. The highest BCUT2D eigenvalue weighted by atomic mass is 16.4. The lowest BCUT2D eigenvalue weighted by atomic mass is 10.1. The van der Waals surface area contributed by atoms with E-state index in [1.165, 1.54) is 12.8 Å². The van der Waals surface area contributed by atoms with Crippen molar-refractivity contribution in [3.63, 3.8) is 0 Å². The lowest BCUT2D eigenvalue weighted by Gasteiger charge is -2.22. The van der Waals surface area contributed by atoms with Crippen LogP contribution in [0.3, 0.4) is 0 Å². The van der Waals surface area contributed by atoms with E-state index in [2.05, 4.69) is 12.2 Å². The molecule has 1 saturated carbocycles. The number of aliphatic carboxylic acids is 1. The molecule has 1 fully saturated rings. The van der Waals surface area contributed by atoms with E-state index in [-0.39, 0.29) is 18.5 Å². The Kier molecular flexibility index (Phi) is 5.95. The van der Waals surface area contributed by atoms with Crippen molar-refractivity contribution in [1.29, 1.82) is 0 Å². The first kappa shape index (κ1) is 14.8. The quantitative estimate of drug-likeness (QED) is 0.698. The number of urea groups is 1. The molecule has 0 heterocycles. The smallest absolute Gasteiger partial charge is 0.317 e. The standard InChI is InChI=1S/C13H24N2O3/c1-3-11(9-10-6-7-10)14-13(18)15(2)8-4-5-12(16)17/h10-11H,3-9H2,1-2H3,(H,14,18)(H,16,17). The van der Waals surface area contributed by atoms with Crippen LogP contribution in [0.25, 0.3) is 0 Å². The largest absolute Gasteiger partial charge is 0.481 e. The number of hydrogen-bond acceptors (Lipinski definition) is 2. The lowest BCUT2D eigenvalue weighted by molar-refractivity contribution is -0.137. The summed E-state index contributed by atoms with van der Waals surface area (Å²) in [7, 11) is 1.71. The van der Waals surface area contributed by atoms with E-state index < -0.39 is 5.97 Å². The molecular weight excluding hydrogens is 232 g/mol. The summed E-state index contributed by atoms with van der Waals surface area (Å²) in [6.07, 6.45) is 5.22. The molecule has 1 atom stereocenters. The molecule has 1 unspecified atom stereocenters. The SMILES string of the molecule is CCC(CC1CC1)NC(=O)N(C)CCCC(=O)O. The third kappa shape index (κ3) is 5.89. The first-order chi connectivity index (χ1) is 8.52. The van der Waals surface area contributed by atoms with Crippen molar-refractivity contribution in [1.82, 2.24) is 10.2 Å². The van der Waals surface area contributed by atoms with E-state index in [9.17, 15) is 9.59 Å². The van der Waals surface area contributed by atoms with Crippen molar-refractivity contribution in [2.24, 2.45) is 5.92 Å². The number of carbonyl (C=O) groups is 2. The summed E-state index contributed by atoms with van der Waals surface area (Å²) >= 11 is 0. The average Bonchev–Trinajstić information content (AvgIpc) is 3.11. The zero-order valence-corrected chi connectivity index (χ0v) is 11.3. The van der Waals surface area contributed by atoms with Crippen LogP contribution >= 0.6 is 0 Å². The van der Waals surface area contributed by atoms with Gasteiger partial charge in [0.1, 0.15) is 0 Å². The molecule has 0 aromatic rings. The topological polar surface area (TPSA) is 69.6 Å². The van der Waals surface area contributed by atoms with Gasteiger partial charge in [-0.15, -0.1) is 0 Å². The van der Waals surface area contributed by atoms with Crippen LogP contribution in [0.4, 0.5) is 4.79 Å². The Balaban J connectivity index is 2.21. The predicted molar refractivity (Wildman–Crippen MR) is 69.5 cm³/mol. The van der Waals surface area contributed by atoms with E-state index in [1.54, 1.807) is 11.9 Å². The molecule has 2 amide bonds. The Hall–Kier alpha value is -1.26. The number of carboxylic acid groups (broad SMARTS) is 1. The van der Waals surface area contributed by atoms with Crippen molar-refractivity contribution in [2.45, 2.75) is 51.5 Å². The molecule has 1 rings (SSSR count). The van der Waals surface area contributed by atoms with Gasteiger partial charge in [0.25, 0.3) is 0 Å². The number of carbonyl (C=O) groups excluding carboxylic acids is 1. The van der Waals surface area contributed by atoms with Crippen molar-refractivity contribution in [3.8, 4) is 0 Å². The summed E-state index contributed by atoms with van der Waals surface area (Å²) in [5, 5.41) is 11.6. The molecule has 0 saturated heterocycles. The number of amides is 2. The van der Waals surface area contributed by atoms with Gasteiger partial charge in [0, 0.05) is 26.1 Å². The lowest BCUT2D eigenvalue weighted by Crippen LogP contribution is -2.43. The van der Waals surface area contributed by atoms with Gasteiger partial charge in [0.05, 0.1) is 0 Å². The van der Waals surface area contributed by atoms with Gasteiger partial charge in [0.15, 0.2) is 0 Å². The zero-order chi connectivity index (χ0) is 13.5. The number of carboxylic acids is 1. The van der Waals surface area contributed by atoms with Crippen LogP contribution in [-0.4, -0.2) is 41.6 Å². The normalized spacial score (nSPS) is 16.1. The molecule has 1 aliphatic carbocycles. The van der Waals surface area contributed by atoms with Crippen molar-refractivity contribution in [3.05, 3.63) is 0 Å². The maximum absolute atomic E-state index is 11.9. The van der Waals surface area contributed by atoms with E-state index in [1.807, 2.05) is 0 Å². The van der Waals surface area contributed by atoms with Gasteiger partial charge in [0.2, 0.25) is 0 Å². The van der Waals surface area contributed by atoms with Gasteiger partial charge >= 0.3 is 12.0 Å². The highest BCUT2D eigenvalue weighted by Crippen LogP contribution is 2.34. The van der Waals surface area contributed by atoms with E-state index >= 15 is 0 Å². The summed E-state index contributed by atoms with van der Waals surface area (Å²) in [5.74, 6) is -0.0171. The fraction of sp³-hybridized carbons (Fsp3) is 0.846. The Labute approximate surface area is 109 Å². The van der Waals surface area contributed by atoms with Crippen LogP contribution in [0.15, 0.2) is 0 Å². The van der Waals surface area contributed by atoms with Crippen LogP contribution in [0.5, 0.6) is 0 Å². The third-order valence-corrected chi connectivity index (χ3v) is 3.37.